The molecule has 0 radical (unpaired) electrons. The number of hydrogen-bond donors (Lipinski definition) is 1. The zero-order chi connectivity index (χ0) is 31.2. The van der Waals surface area contributed by atoms with Crippen molar-refractivity contribution in [1.29, 1.82) is 0 Å². The molecule has 0 aliphatic heterocycles. The van der Waals surface area contributed by atoms with Crippen LogP contribution < -0.4 is 0 Å². The summed E-state index contributed by atoms with van der Waals surface area (Å²) in [5.74, 6) is 3.81. The van der Waals surface area contributed by atoms with Crippen LogP contribution >= 0.6 is 0 Å². The molecule has 1 N–H and O–H groups in total. The molecular weight excluding hydrogens is 524 g/mol. The fraction of sp³-hybridized carbons (Fsp3) is 0.732. The van der Waals surface area contributed by atoms with E-state index in [9.17, 15) is 9.90 Å². The summed E-state index contributed by atoms with van der Waals surface area (Å²) in [6.07, 6.45) is 18.4. The molecule has 0 amide bonds. The third-order valence-corrected chi connectivity index (χ3v) is 16.0. The highest BCUT2D eigenvalue weighted by Crippen LogP contribution is 2.89. The summed E-state index contributed by atoms with van der Waals surface area (Å²) in [6.45, 7) is 24.2. The molecule has 5 aliphatic carbocycles. The number of hydrogen-bond acceptors (Lipinski definition) is 2. The fourth-order valence-corrected chi connectivity index (χ4v) is 12.7. The molecule has 0 saturated heterocycles. The van der Waals surface area contributed by atoms with Crippen LogP contribution in [0.25, 0.3) is 6.08 Å². The monoisotopic (exact) mass is 584 g/mol. The average Bonchev–Trinajstić information content (AvgIpc) is 3.52. The topological polar surface area (TPSA) is 37.3 Å². The summed E-state index contributed by atoms with van der Waals surface area (Å²) in [7, 11) is 0. The lowest BCUT2D eigenvalue weighted by atomic mass is 9.41. The first-order chi connectivity index (χ1) is 20.0. The van der Waals surface area contributed by atoms with E-state index in [0.717, 1.165) is 29.7 Å². The van der Waals surface area contributed by atoms with Crippen LogP contribution in [-0.2, 0) is 4.79 Å². The maximum Gasteiger partial charge on any atom is 0.159 e. The Kier molecular flexibility index (Phi) is 7.31. The van der Waals surface area contributed by atoms with Gasteiger partial charge in [0.1, 0.15) is 5.75 Å². The zero-order valence-electron chi connectivity index (χ0n) is 28.7. The fourth-order valence-electron chi connectivity index (χ4n) is 12.7. The molecule has 1 aromatic carbocycles. The van der Waals surface area contributed by atoms with E-state index in [1.807, 2.05) is 24.3 Å². The van der Waals surface area contributed by atoms with Gasteiger partial charge in [0.15, 0.2) is 5.78 Å². The van der Waals surface area contributed by atoms with Gasteiger partial charge in [-0.1, -0.05) is 78.8 Å². The lowest BCUT2D eigenvalue weighted by molar-refractivity contribution is -0.156. The highest BCUT2D eigenvalue weighted by Gasteiger charge is 2.82. The predicted molar refractivity (Wildman–Crippen MR) is 180 cm³/mol. The molecule has 0 aromatic heterocycles. The number of ketones is 1. The van der Waals surface area contributed by atoms with Gasteiger partial charge in [-0.25, -0.2) is 0 Å². The SMILES string of the molecule is C=C(C)C(C)(C)CCC(C)C1CCC2(C)C3CCC4C(C)(C)C(C(=O)C=Cc5ccc(O)cc5)CCC45CC35CCC12C. The quantitative estimate of drug-likeness (QED) is 0.244. The van der Waals surface area contributed by atoms with Crippen LogP contribution in [0.2, 0.25) is 0 Å². The average molecular weight is 585 g/mol. The Morgan fingerprint density at radius 2 is 1.60 bits per heavy atom. The number of rotatable bonds is 8. The Morgan fingerprint density at radius 3 is 2.28 bits per heavy atom. The number of carbonyl (C=O) groups is 1. The molecule has 0 heterocycles. The Bertz CT molecular complexity index is 1300. The lowest BCUT2D eigenvalue weighted by Crippen LogP contribution is -2.57. The van der Waals surface area contributed by atoms with Crippen LogP contribution in [0, 0.1) is 62.1 Å². The van der Waals surface area contributed by atoms with E-state index in [1.54, 1.807) is 12.1 Å². The summed E-state index contributed by atoms with van der Waals surface area (Å²) < 4.78 is 0. The maximum absolute atomic E-state index is 13.7. The summed E-state index contributed by atoms with van der Waals surface area (Å²) in [5, 5.41) is 9.62. The minimum Gasteiger partial charge on any atom is -0.508 e. The van der Waals surface area contributed by atoms with Gasteiger partial charge in [0.25, 0.3) is 0 Å². The molecule has 1 aromatic rings. The van der Waals surface area contributed by atoms with E-state index in [4.69, 9.17) is 0 Å². The van der Waals surface area contributed by atoms with E-state index < -0.39 is 0 Å². The molecule has 0 bridgehead atoms. The second-order valence-corrected chi connectivity index (χ2v) is 18.1. The van der Waals surface area contributed by atoms with Crippen LogP contribution in [0.5, 0.6) is 5.75 Å². The molecule has 5 fully saturated rings. The number of aromatic hydroxyl groups is 1. The number of carbonyl (C=O) groups excluding carboxylic acids is 1. The van der Waals surface area contributed by atoms with Crippen molar-refractivity contribution in [3.63, 3.8) is 0 Å². The van der Waals surface area contributed by atoms with Crippen LogP contribution in [0.1, 0.15) is 132 Å². The van der Waals surface area contributed by atoms with Gasteiger partial charge in [-0.05, 0) is 157 Å². The minimum absolute atomic E-state index is 0.0353. The molecule has 2 spiro atoms. The summed E-state index contributed by atoms with van der Waals surface area (Å²) in [5.41, 5.74) is 4.47. The van der Waals surface area contributed by atoms with Gasteiger partial charge in [0.05, 0.1) is 0 Å². The normalized spacial score (nSPS) is 42.0. The van der Waals surface area contributed by atoms with E-state index in [-0.39, 0.29) is 22.5 Å². The summed E-state index contributed by atoms with van der Waals surface area (Å²) in [6, 6.07) is 7.14. The van der Waals surface area contributed by atoms with Crippen molar-refractivity contribution >= 4 is 11.9 Å². The second kappa shape index (κ2) is 10.1. The number of phenols is 1. The van der Waals surface area contributed by atoms with Crippen molar-refractivity contribution in [2.75, 3.05) is 0 Å². The van der Waals surface area contributed by atoms with Crippen molar-refractivity contribution in [2.45, 2.75) is 126 Å². The first-order valence-corrected chi connectivity index (χ1v) is 17.7. The molecule has 2 nitrogen and oxygen atoms in total. The highest BCUT2D eigenvalue weighted by molar-refractivity contribution is 5.96. The molecule has 9 atom stereocenters. The summed E-state index contributed by atoms with van der Waals surface area (Å²) >= 11 is 0. The molecule has 2 heteroatoms. The maximum atomic E-state index is 13.7. The van der Waals surface area contributed by atoms with Crippen LogP contribution in [-0.4, -0.2) is 10.9 Å². The van der Waals surface area contributed by atoms with Crippen molar-refractivity contribution in [3.05, 3.63) is 48.1 Å². The van der Waals surface area contributed by atoms with Crippen LogP contribution in [0.3, 0.4) is 0 Å². The lowest BCUT2D eigenvalue weighted by Gasteiger charge is -2.63. The van der Waals surface area contributed by atoms with E-state index in [0.29, 0.717) is 33.4 Å². The van der Waals surface area contributed by atoms with Crippen LogP contribution in [0.4, 0.5) is 0 Å². The van der Waals surface area contributed by atoms with Crippen molar-refractivity contribution in [2.24, 2.45) is 62.1 Å². The summed E-state index contributed by atoms with van der Waals surface area (Å²) in [4.78, 5) is 13.7. The molecular formula is C41H60O2. The number of phenolic OH excluding ortho intramolecular Hbond substituents is 1. The van der Waals surface area contributed by atoms with Gasteiger partial charge >= 0.3 is 0 Å². The smallest absolute Gasteiger partial charge is 0.159 e. The molecule has 9 unspecified atom stereocenters. The first-order valence-electron chi connectivity index (χ1n) is 17.7. The third kappa shape index (κ3) is 4.41. The highest BCUT2D eigenvalue weighted by atomic mass is 16.3. The van der Waals surface area contributed by atoms with E-state index in [2.05, 4.69) is 62.0 Å². The van der Waals surface area contributed by atoms with Crippen molar-refractivity contribution in [3.8, 4) is 5.75 Å². The molecule has 43 heavy (non-hydrogen) atoms. The van der Waals surface area contributed by atoms with Gasteiger partial charge in [0, 0.05) is 5.92 Å². The number of fused-ring (bicyclic) bond motifs is 2. The molecule has 5 aliphatic rings. The van der Waals surface area contributed by atoms with E-state index in [1.165, 1.54) is 69.8 Å². The molecule has 5 saturated carbocycles. The minimum atomic E-state index is 0.0353. The third-order valence-electron chi connectivity index (χ3n) is 16.0. The van der Waals surface area contributed by atoms with Crippen molar-refractivity contribution in [1.82, 2.24) is 0 Å². The zero-order valence-corrected chi connectivity index (χ0v) is 28.7. The Morgan fingerprint density at radius 1 is 0.953 bits per heavy atom. The van der Waals surface area contributed by atoms with Gasteiger partial charge in [-0.3, -0.25) is 4.79 Å². The van der Waals surface area contributed by atoms with Gasteiger partial charge in [-0.15, -0.1) is 0 Å². The molecule has 6 rings (SSSR count). The Balaban J connectivity index is 1.19. The first kappa shape index (κ1) is 31.2. The predicted octanol–water partition coefficient (Wildman–Crippen LogP) is 11.0. The largest absolute Gasteiger partial charge is 0.508 e. The van der Waals surface area contributed by atoms with Gasteiger partial charge < -0.3 is 5.11 Å². The van der Waals surface area contributed by atoms with Crippen LogP contribution in [0.15, 0.2) is 42.5 Å². The van der Waals surface area contributed by atoms with Gasteiger partial charge in [-0.2, -0.15) is 0 Å². The Hall–Kier alpha value is -1.83. The second-order valence-electron chi connectivity index (χ2n) is 18.1. The van der Waals surface area contributed by atoms with Gasteiger partial charge in [0.2, 0.25) is 0 Å². The number of benzene rings is 1. The van der Waals surface area contributed by atoms with E-state index >= 15 is 0 Å². The standard InChI is InChI=1S/C41H60O2/c1-27(2)36(4,5)21-18-28(3)31-19-22-39(9)35-17-16-34-37(6,7)32(33(43)15-12-29-10-13-30(42)14-11-29)20-23-40(34)26-41(35,40)25-24-38(31,39)8/h10-15,28,31-32,34-35,42H,1,16-26H2,2-9H3. The molecule has 236 valence electrons. The Labute approximate surface area is 263 Å². The van der Waals surface area contributed by atoms with Crippen molar-refractivity contribution < 1.29 is 9.90 Å². The number of allylic oxidation sites excluding steroid dienone is 2.